The monoisotopic (exact) mass is 365 g/mol. The molecule has 0 bridgehead atoms. The van der Waals surface area contributed by atoms with E-state index in [1.165, 1.54) is 4.31 Å². The van der Waals surface area contributed by atoms with Gasteiger partial charge in [-0.2, -0.15) is 9.40 Å². The number of hydrogen-bond donors (Lipinski definition) is 0. The van der Waals surface area contributed by atoms with E-state index < -0.39 is 10.0 Å². The van der Waals surface area contributed by atoms with Crippen LogP contribution in [0.5, 0.6) is 11.5 Å². The standard InChI is InChI=1S/C16H19N3O5S/c1-18-10-12(9-17-18)14-11-19(5-6-22-14)25(20,21)15-4-2-3-13-16(15)24-8-7-23-13/h2-4,9-10,14H,5-8,11H2,1H3. The maximum Gasteiger partial charge on any atom is 0.247 e. The van der Waals surface area contributed by atoms with Gasteiger partial charge < -0.3 is 14.2 Å². The fourth-order valence-corrected chi connectivity index (χ4v) is 4.61. The Labute approximate surface area is 145 Å². The van der Waals surface area contributed by atoms with Gasteiger partial charge in [0.25, 0.3) is 0 Å². The number of benzene rings is 1. The Hall–Kier alpha value is -2.10. The Morgan fingerprint density at radius 2 is 2.04 bits per heavy atom. The third-order valence-corrected chi connectivity index (χ3v) is 6.16. The molecule has 1 saturated heterocycles. The zero-order valence-corrected chi connectivity index (χ0v) is 14.6. The summed E-state index contributed by atoms with van der Waals surface area (Å²) in [5.74, 6) is 0.752. The zero-order valence-electron chi connectivity index (χ0n) is 13.8. The Bertz CT molecular complexity index is 880. The first-order valence-corrected chi connectivity index (χ1v) is 9.48. The van der Waals surface area contributed by atoms with E-state index in [1.54, 1.807) is 29.1 Å². The van der Waals surface area contributed by atoms with Crippen molar-refractivity contribution in [2.45, 2.75) is 11.0 Å². The molecular formula is C16H19N3O5S. The number of aromatic nitrogens is 2. The van der Waals surface area contributed by atoms with Crippen LogP contribution in [0.15, 0.2) is 35.5 Å². The molecule has 25 heavy (non-hydrogen) atoms. The van der Waals surface area contributed by atoms with Crippen molar-refractivity contribution < 1.29 is 22.6 Å². The number of sulfonamides is 1. The molecule has 2 aliphatic heterocycles. The lowest BCUT2D eigenvalue weighted by Gasteiger charge is -2.32. The number of aryl methyl sites for hydroxylation is 1. The molecule has 0 amide bonds. The molecule has 1 atom stereocenters. The highest BCUT2D eigenvalue weighted by Crippen LogP contribution is 2.38. The smallest absolute Gasteiger partial charge is 0.247 e. The molecule has 1 aromatic carbocycles. The van der Waals surface area contributed by atoms with Crippen molar-refractivity contribution in [1.29, 1.82) is 0 Å². The van der Waals surface area contributed by atoms with Crippen LogP contribution in [0.3, 0.4) is 0 Å². The van der Waals surface area contributed by atoms with E-state index in [2.05, 4.69) is 5.10 Å². The summed E-state index contributed by atoms with van der Waals surface area (Å²) in [7, 11) is -1.90. The number of hydrogen-bond acceptors (Lipinski definition) is 6. The number of ether oxygens (including phenoxy) is 3. The second kappa shape index (κ2) is 6.32. The first-order valence-electron chi connectivity index (χ1n) is 8.04. The van der Waals surface area contributed by atoms with Crippen molar-refractivity contribution in [3.05, 3.63) is 36.2 Å². The van der Waals surface area contributed by atoms with E-state index in [9.17, 15) is 8.42 Å². The van der Waals surface area contributed by atoms with Gasteiger partial charge in [-0.1, -0.05) is 6.07 Å². The average Bonchev–Trinajstić information content (AvgIpc) is 3.08. The molecule has 0 saturated carbocycles. The van der Waals surface area contributed by atoms with Crippen LogP contribution in [0, 0.1) is 0 Å². The second-order valence-corrected chi connectivity index (χ2v) is 7.86. The maximum absolute atomic E-state index is 13.2. The normalized spacial score (nSPS) is 21.2. The fraction of sp³-hybridized carbons (Fsp3) is 0.438. The maximum atomic E-state index is 13.2. The Kier molecular flexibility index (Phi) is 4.14. The van der Waals surface area contributed by atoms with Crippen molar-refractivity contribution in [3.8, 4) is 11.5 Å². The predicted molar refractivity (Wildman–Crippen MR) is 88.1 cm³/mol. The molecule has 0 N–H and O–H groups in total. The van der Waals surface area contributed by atoms with Crippen LogP contribution in [0.25, 0.3) is 0 Å². The molecule has 2 aromatic rings. The van der Waals surface area contributed by atoms with Gasteiger partial charge in [0.15, 0.2) is 11.5 Å². The van der Waals surface area contributed by atoms with E-state index in [-0.39, 0.29) is 23.3 Å². The third kappa shape index (κ3) is 2.99. The van der Waals surface area contributed by atoms with Gasteiger partial charge in [0.2, 0.25) is 10.0 Å². The van der Waals surface area contributed by atoms with E-state index in [1.807, 2.05) is 13.2 Å². The van der Waals surface area contributed by atoms with E-state index in [0.29, 0.717) is 32.1 Å². The van der Waals surface area contributed by atoms with Gasteiger partial charge in [-0.25, -0.2) is 8.42 Å². The van der Waals surface area contributed by atoms with Gasteiger partial charge in [-0.15, -0.1) is 0 Å². The molecular weight excluding hydrogens is 346 g/mol. The summed E-state index contributed by atoms with van der Waals surface area (Å²) >= 11 is 0. The highest BCUT2D eigenvalue weighted by atomic mass is 32.2. The van der Waals surface area contributed by atoms with Crippen molar-refractivity contribution in [2.75, 3.05) is 32.9 Å². The van der Waals surface area contributed by atoms with Crippen molar-refractivity contribution in [1.82, 2.24) is 14.1 Å². The molecule has 4 rings (SSSR count). The van der Waals surface area contributed by atoms with E-state index in [4.69, 9.17) is 14.2 Å². The van der Waals surface area contributed by atoms with Gasteiger partial charge in [0.1, 0.15) is 18.1 Å². The van der Waals surface area contributed by atoms with E-state index >= 15 is 0 Å². The highest BCUT2D eigenvalue weighted by Gasteiger charge is 2.35. The first-order chi connectivity index (χ1) is 12.1. The van der Waals surface area contributed by atoms with Crippen molar-refractivity contribution in [2.24, 2.45) is 7.05 Å². The molecule has 2 aliphatic rings. The molecule has 0 aliphatic carbocycles. The minimum absolute atomic E-state index is 0.136. The largest absolute Gasteiger partial charge is 0.486 e. The molecule has 9 heteroatoms. The number of morpholine rings is 1. The lowest BCUT2D eigenvalue weighted by atomic mass is 10.2. The van der Waals surface area contributed by atoms with Gasteiger partial charge in [0, 0.05) is 31.9 Å². The van der Waals surface area contributed by atoms with Crippen LogP contribution in [0.1, 0.15) is 11.7 Å². The minimum atomic E-state index is -3.72. The van der Waals surface area contributed by atoms with Crippen LogP contribution < -0.4 is 9.47 Å². The van der Waals surface area contributed by atoms with Crippen LogP contribution in [0.4, 0.5) is 0 Å². The SMILES string of the molecule is Cn1cc(C2CN(S(=O)(=O)c3cccc4c3OCCO4)CCO2)cn1. The summed E-state index contributed by atoms with van der Waals surface area (Å²) in [5.41, 5.74) is 0.858. The van der Waals surface area contributed by atoms with Crippen molar-refractivity contribution in [3.63, 3.8) is 0 Å². The molecule has 3 heterocycles. The number of rotatable bonds is 3. The van der Waals surface area contributed by atoms with E-state index in [0.717, 1.165) is 5.56 Å². The average molecular weight is 365 g/mol. The molecule has 8 nitrogen and oxygen atoms in total. The van der Waals surface area contributed by atoms with Crippen LogP contribution >= 0.6 is 0 Å². The number of nitrogens with zero attached hydrogens (tertiary/aromatic N) is 3. The summed E-state index contributed by atoms with van der Waals surface area (Å²) < 4.78 is 46.2. The minimum Gasteiger partial charge on any atom is -0.486 e. The molecule has 1 fully saturated rings. The van der Waals surface area contributed by atoms with Gasteiger partial charge >= 0.3 is 0 Å². The highest BCUT2D eigenvalue weighted by molar-refractivity contribution is 7.89. The van der Waals surface area contributed by atoms with Gasteiger partial charge in [-0.3, -0.25) is 4.68 Å². The molecule has 1 unspecified atom stereocenters. The van der Waals surface area contributed by atoms with Gasteiger partial charge in [-0.05, 0) is 12.1 Å². The second-order valence-electron chi connectivity index (χ2n) is 5.95. The Balaban J connectivity index is 1.64. The Morgan fingerprint density at radius 1 is 1.20 bits per heavy atom. The van der Waals surface area contributed by atoms with Crippen LogP contribution in [-0.4, -0.2) is 55.4 Å². The molecule has 0 spiro atoms. The molecule has 0 radical (unpaired) electrons. The van der Waals surface area contributed by atoms with Crippen LogP contribution in [0.2, 0.25) is 0 Å². The summed E-state index contributed by atoms with van der Waals surface area (Å²) in [4.78, 5) is 0.136. The lowest BCUT2D eigenvalue weighted by molar-refractivity contribution is -0.00266. The summed E-state index contributed by atoms with van der Waals surface area (Å²) in [6.45, 7) is 1.60. The predicted octanol–water partition coefficient (Wildman–Crippen LogP) is 0.954. The first kappa shape index (κ1) is 16.4. The lowest BCUT2D eigenvalue weighted by Crippen LogP contribution is -2.42. The van der Waals surface area contributed by atoms with Gasteiger partial charge in [0.05, 0.1) is 18.9 Å². The third-order valence-electron chi connectivity index (χ3n) is 4.27. The molecule has 1 aromatic heterocycles. The quantitative estimate of drug-likeness (QED) is 0.806. The summed E-state index contributed by atoms with van der Waals surface area (Å²) in [6.07, 6.45) is 3.19. The van der Waals surface area contributed by atoms with Crippen molar-refractivity contribution >= 4 is 10.0 Å². The molecule has 134 valence electrons. The summed E-state index contributed by atoms with van der Waals surface area (Å²) in [6, 6.07) is 4.93. The topological polar surface area (TPSA) is 82.9 Å². The zero-order chi connectivity index (χ0) is 17.4. The van der Waals surface area contributed by atoms with Crippen LogP contribution in [-0.2, 0) is 21.8 Å². The number of para-hydroxylation sites is 1. The fourth-order valence-electron chi connectivity index (χ4n) is 3.04. The number of fused-ring (bicyclic) bond motifs is 1. The summed E-state index contributed by atoms with van der Waals surface area (Å²) in [5, 5.41) is 4.13. The Morgan fingerprint density at radius 3 is 2.84 bits per heavy atom.